The maximum Gasteiger partial charge on any atom is 0.241 e. The predicted octanol–water partition coefficient (Wildman–Crippen LogP) is 0.528. The number of phenols is 1. The fourth-order valence-electron chi connectivity index (χ4n) is 1.12. The monoisotopic (exact) mass is 194 g/mol. The molecule has 0 unspecified atom stereocenters. The fraction of sp³-hybridized carbons (Fsp3) is 0.300. The number of rotatable bonds is 3. The van der Waals surface area contributed by atoms with E-state index >= 15 is 0 Å². The first-order valence-electron chi connectivity index (χ1n) is 4.47. The van der Waals surface area contributed by atoms with Crippen LogP contribution in [0.5, 0.6) is 5.75 Å². The number of nitrogens with one attached hydrogen (secondary N) is 1. The van der Waals surface area contributed by atoms with Gasteiger partial charge in [-0.2, -0.15) is 0 Å². The molecule has 0 heterocycles. The number of benzene rings is 1. The largest absolute Gasteiger partial charge is 0.508 e. The Kier molecular flexibility index (Phi) is 3.48. The maximum absolute atomic E-state index is 11.3. The van der Waals surface area contributed by atoms with E-state index in [0.29, 0.717) is 12.1 Å². The Morgan fingerprint density at radius 3 is 2.57 bits per heavy atom. The van der Waals surface area contributed by atoms with Crippen LogP contribution in [-0.4, -0.2) is 17.6 Å². The number of carbonyl (C=O) groups excluding carboxylic acids is 1. The summed E-state index contributed by atoms with van der Waals surface area (Å²) in [7, 11) is 0. The lowest BCUT2D eigenvalue weighted by Crippen LogP contribution is -2.33. The molecule has 0 radical (unpaired) electrons. The topological polar surface area (TPSA) is 75.4 Å². The minimum atomic E-state index is -0.671. The molecule has 0 aliphatic carbocycles. The van der Waals surface area contributed by atoms with Crippen LogP contribution in [0.4, 0.5) is 0 Å². The summed E-state index contributed by atoms with van der Waals surface area (Å²) in [4.78, 5) is 11.3. The van der Waals surface area contributed by atoms with Crippen LogP contribution < -0.4 is 11.1 Å². The molecule has 1 aromatic carbocycles. The van der Waals surface area contributed by atoms with E-state index < -0.39 is 6.04 Å². The number of amides is 1. The molecule has 1 rings (SSSR count). The molecule has 0 fully saturated rings. The number of aromatic hydroxyl groups is 1. The van der Waals surface area contributed by atoms with Gasteiger partial charge in [-0.1, -0.05) is 12.1 Å². The van der Waals surface area contributed by atoms with Gasteiger partial charge in [0.05, 0.1) is 0 Å². The smallest absolute Gasteiger partial charge is 0.241 e. The van der Waals surface area contributed by atoms with Gasteiger partial charge < -0.3 is 16.2 Å². The maximum atomic E-state index is 11.3. The van der Waals surface area contributed by atoms with E-state index in [4.69, 9.17) is 10.8 Å². The average molecular weight is 194 g/mol. The van der Waals surface area contributed by atoms with E-state index in [9.17, 15) is 4.79 Å². The summed E-state index contributed by atoms with van der Waals surface area (Å²) in [6.07, 6.45) is 0. The van der Waals surface area contributed by atoms with Crippen LogP contribution in [0.2, 0.25) is 0 Å². The van der Waals surface area contributed by atoms with Crippen molar-refractivity contribution in [1.29, 1.82) is 0 Å². The van der Waals surface area contributed by atoms with E-state index in [-0.39, 0.29) is 11.7 Å². The molecule has 0 aromatic heterocycles. The molecule has 14 heavy (non-hydrogen) atoms. The number of nitrogens with two attached hydrogens (primary N) is 1. The summed E-state index contributed by atoms with van der Waals surface area (Å²) in [5, 5.41) is 11.7. The second-order valence-corrected chi connectivity index (χ2v) is 2.96. The molecule has 0 bridgehead atoms. The van der Waals surface area contributed by atoms with E-state index in [1.165, 1.54) is 12.1 Å². The number of hydrogen-bond donors (Lipinski definition) is 3. The van der Waals surface area contributed by atoms with Gasteiger partial charge in [-0.05, 0) is 24.6 Å². The standard InChI is InChI=1S/C10H14N2O2/c1-2-12-10(14)9(11)7-3-5-8(13)6-4-7/h3-6,9,13H,2,11H2,1H3,(H,12,14)/t9-/m1/s1. The normalized spacial score (nSPS) is 12.1. The molecule has 76 valence electrons. The molecule has 1 atom stereocenters. The summed E-state index contributed by atoms with van der Waals surface area (Å²) in [6.45, 7) is 2.39. The third-order valence-electron chi connectivity index (χ3n) is 1.89. The Morgan fingerprint density at radius 2 is 2.07 bits per heavy atom. The quantitative estimate of drug-likeness (QED) is 0.657. The molecule has 1 aromatic rings. The molecular weight excluding hydrogens is 180 g/mol. The molecule has 4 nitrogen and oxygen atoms in total. The Hall–Kier alpha value is -1.55. The van der Waals surface area contributed by atoms with Gasteiger partial charge in [-0.3, -0.25) is 4.79 Å². The van der Waals surface area contributed by atoms with Crippen molar-refractivity contribution in [2.45, 2.75) is 13.0 Å². The van der Waals surface area contributed by atoms with Crippen LogP contribution in [0.15, 0.2) is 24.3 Å². The Bertz CT molecular complexity index is 308. The van der Waals surface area contributed by atoms with E-state index in [1.54, 1.807) is 12.1 Å². The highest BCUT2D eigenvalue weighted by atomic mass is 16.3. The van der Waals surface area contributed by atoms with Crippen LogP contribution in [-0.2, 0) is 4.79 Å². The highest BCUT2D eigenvalue weighted by Gasteiger charge is 2.13. The Balaban J connectivity index is 2.73. The Labute approximate surface area is 82.7 Å². The summed E-state index contributed by atoms with van der Waals surface area (Å²) < 4.78 is 0. The van der Waals surface area contributed by atoms with Gasteiger partial charge in [0.15, 0.2) is 0 Å². The first-order chi connectivity index (χ1) is 6.65. The van der Waals surface area contributed by atoms with Crippen LogP contribution in [0.3, 0.4) is 0 Å². The minimum absolute atomic E-state index is 0.164. The first kappa shape index (κ1) is 10.5. The molecule has 0 aliphatic rings. The number of carbonyl (C=O) groups is 1. The van der Waals surface area contributed by atoms with Gasteiger partial charge in [-0.25, -0.2) is 0 Å². The molecular formula is C10H14N2O2. The van der Waals surface area contributed by atoms with Crippen LogP contribution in [0, 0.1) is 0 Å². The predicted molar refractivity (Wildman–Crippen MR) is 53.7 cm³/mol. The van der Waals surface area contributed by atoms with Crippen molar-refractivity contribution >= 4 is 5.91 Å². The molecule has 0 spiro atoms. The van der Waals surface area contributed by atoms with Crippen molar-refractivity contribution in [3.05, 3.63) is 29.8 Å². The zero-order valence-corrected chi connectivity index (χ0v) is 8.03. The molecule has 0 saturated carbocycles. The molecule has 1 amide bonds. The van der Waals surface area contributed by atoms with Crippen LogP contribution >= 0.6 is 0 Å². The van der Waals surface area contributed by atoms with E-state index in [0.717, 1.165) is 0 Å². The lowest BCUT2D eigenvalue weighted by atomic mass is 10.1. The van der Waals surface area contributed by atoms with Gasteiger partial charge in [0.2, 0.25) is 5.91 Å². The van der Waals surface area contributed by atoms with Crippen molar-refractivity contribution < 1.29 is 9.90 Å². The summed E-state index contributed by atoms with van der Waals surface area (Å²) in [5.74, 6) is -0.0463. The van der Waals surface area contributed by atoms with Gasteiger partial charge in [-0.15, -0.1) is 0 Å². The second kappa shape index (κ2) is 4.62. The van der Waals surface area contributed by atoms with Crippen molar-refractivity contribution in [3.8, 4) is 5.75 Å². The van der Waals surface area contributed by atoms with E-state index in [2.05, 4.69) is 5.32 Å². The number of phenolic OH excluding ortho intramolecular Hbond substituents is 1. The molecule has 0 saturated heterocycles. The fourth-order valence-corrected chi connectivity index (χ4v) is 1.12. The van der Waals surface area contributed by atoms with Gasteiger partial charge in [0.25, 0.3) is 0 Å². The second-order valence-electron chi connectivity index (χ2n) is 2.96. The summed E-state index contributed by atoms with van der Waals surface area (Å²) in [6, 6.07) is 5.61. The van der Waals surface area contributed by atoms with Gasteiger partial charge in [0, 0.05) is 6.54 Å². The summed E-state index contributed by atoms with van der Waals surface area (Å²) in [5.41, 5.74) is 6.37. The Morgan fingerprint density at radius 1 is 1.50 bits per heavy atom. The zero-order chi connectivity index (χ0) is 10.6. The van der Waals surface area contributed by atoms with Crippen LogP contribution in [0.1, 0.15) is 18.5 Å². The van der Waals surface area contributed by atoms with Gasteiger partial charge in [0.1, 0.15) is 11.8 Å². The highest BCUT2D eigenvalue weighted by molar-refractivity contribution is 5.82. The van der Waals surface area contributed by atoms with Crippen molar-refractivity contribution in [3.63, 3.8) is 0 Å². The third kappa shape index (κ3) is 2.47. The third-order valence-corrected chi connectivity index (χ3v) is 1.89. The number of hydrogen-bond acceptors (Lipinski definition) is 3. The molecule has 4 N–H and O–H groups in total. The SMILES string of the molecule is CCNC(=O)[C@H](N)c1ccc(O)cc1. The van der Waals surface area contributed by atoms with Gasteiger partial charge >= 0.3 is 0 Å². The van der Waals surface area contributed by atoms with Crippen LogP contribution in [0.25, 0.3) is 0 Å². The first-order valence-corrected chi connectivity index (χ1v) is 4.47. The zero-order valence-electron chi connectivity index (χ0n) is 8.03. The van der Waals surface area contributed by atoms with Crippen molar-refractivity contribution in [2.24, 2.45) is 5.73 Å². The van der Waals surface area contributed by atoms with Crippen molar-refractivity contribution in [2.75, 3.05) is 6.54 Å². The highest BCUT2D eigenvalue weighted by Crippen LogP contribution is 2.14. The van der Waals surface area contributed by atoms with Crippen molar-refractivity contribution in [1.82, 2.24) is 5.32 Å². The minimum Gasteiger partial charge on any atom is -0.508 e. The summed E-state index contributed by atoms with van der Waals surface area (Å²) >= 11 is 0. The lowest BCUT2D eigenvalue weighted by molar-refractivity contribution is -0.122. The van der Waals surface area contributed by atoms with E-state index in [1.807, 2.05) is 6.92 Å². The number of likely N-dealkylation sites (N-methyl/N-ethyl adjacent to an activating group) is 1. The average Bonchev–Trinajstić information content (AvgIpc) is 2.18. The lowest BCUT2D eigenvalue weighted by Gasteiger charge is -2.11. The molecule has 0 aliphatic heterocycles. The molecule has 4 heteroatoms.